The molecule has 6 nitrogen and oxygen atoms in total. The molecule has 0 spiro atoms. The Labute approximate surface area is 139 Å². The highest BCUT2D eigenvalue weighted by Gasteiger charge is 2.19. The summed E-state index contributed by atoms with van der Waals surface area (Å²) in [5.41, 5.74) is 0.395. The fourth-order valence-electron chi connectivity index (χ4n) is 2.19. The van der Waals surface area contributed by atoms with Crippen molar-refractivity contribution in [3.63, 3.8) is 0 Å². The van der Waals surface area contributed by atoms with E-state index in [1.807, 2.05) is 13.0 Å². The van der Waals surface area contributed by atoms with Crippen LogP contribution >= 0.6 is 0 Å². The van der Waals surface area contributed by atoms with Crippen molar-refractivity contribution in [3.8, 4) is 11.5 Å². The SMILES string of the molecule is CCCOc1ccc(CNc2cccc(F)c2[N+](=O)[O-])cc1OC. The second-order valence-corrected chi connectivity index (χ2v) is 5.08. The average Bonchev–Trinajstić information content (AvgIpc) is 2.58. The Kier molecular flexibility index (Phi) is 5.95. The zero-order valence-corrected chi connectivity index (χ0v) is 13.5. The molecule has 0 aromatic heterocycles. The van der Waals surface area contributed by atoms with E-state index < -0.39 is 16.4 Å². The summed E-state index contributed by atoms with van der Waals surface area (Å²) >= 11 is 0. The number of nitro benzene ring substituents is 1. The molecule has 0 bridgehead atoms. The van der Waals surface area contributed by atoms with E-state index in [1.54, 1.807) is 19.2 Å². The number of halogens is 1. The average molecular weight is 334 g/mol. The molecule has 0 aliphatic rings. The summed E-state index contributed by atoms with van der Waals surface area (Å²) in [6.07, 6.45) is 0.885. The Morgan fingerprint density at radius 2 is 2.04 bits per heavy atom. The molecule has 0 saturated carbocycles. The molecular weight excluding hydrogens is 315 g/mol. The van der Waals surface area contributed by atoms with Gasteiger partial charge in [-0.3, -0.25) is 10.1 Å². The van der Waals surface area contributed by atoms with Crippen LogP contribution in [0.2, 0.25) is 0 Å². The number of nitro groups is 1. The molecule has 2 aromatic rings. The van der Waals surface area contributed by atoms with Crippen LogP contribution < -0.4 is 14.8 Å². The predicted molar refractivity (Wildman–Crippen MR) is 89.2 cm³/mol. The van der Waals surface area contributed by atoms with Crippen LogP contribution in [0.15, 0.2) is 36.4 Å². The minimum Gasteiger partial charge on any atom is -0.493 e. The number of ether oxygens (including phenoxy) is 2. The van der Waals surface area contributed by atoms with E-state index in [2.05, 4.69) is 5.32 Å². The summed E-state index contributed by atoms with van der Waals surface area (Å²) in [7, 11) is 1.54. The van der Waals surface area contributed by atoms with Gasteiger partial charge in [-0.05, 0) is 36.2 Å². The van der Waals surface area contributed by atoms with Gasteiger partial charge in [-0.25, -0.2) is 0 Å². The Bertz CT molecular complexity index is 722. The third-order valence-electron chi connectivity index (χ3n) is 3.34. The molecule has 0 fully saturated rings. The van der Waals surface area contributed by atoms with Crippen molar-refractivity contribution in [1.82, 2.24) is 0 Å². The Hall–Kier alpha value is -2.83. The quantitative estimate of drug-likeness (QED) is 0.580. The third-order valence-corrected chi connectivity index (χ3v) is 3.34. The number of nitrogens with zero attached hydrogens (tertiary/aromatic N) is 1. The topological polar surface area (TPSA) is 73.6 Å². The molecular formula is C17H19FN2O4. The van der Waals surface area contributed by atoms with Crippen LogP contribution in [0.3, 0.4) is 0 Å². The van der Waals surface area contributed by atoms with Crippen LogP contribution in [-0.2, 0) is 6.54 Å². The summed E-state index contributed by atoms with van der Waals surface area (Å²) in [5, 5.41) is 13.9. The third kappa shape index (κ3) is 4.13. The van der Waals surface area contributed by atoms with E-state index in [0.717, 1.165) is 18.1 Å². The summed E-state index contributed by atoms with van der Waals surface area (Å²) in [5.74, 6) is 0.349. The molecule has 1 N–H and O–H groups in total. The molecule has 0 unspecified atom stereocenters. The van der Waals surface area contributed by atoms with Gasteiger partial charge in [-0.15, -0.1) is 0 Å². The summed E-state index contributed by atoms with van der Waals surface area (Å²) < 4.78 is 24.5. The van der Waals surface area contributed by atoms with Crippen molar-refractivity contribution in [2.24, 2.45) is 0 Å². The number of para-hydroxylation sites is 1. The van der Waals surface area contributed by atoms with Crippen molar-refractivity contribution >= 4 is 11.4 Å². The molecule has 0 aliphatic carbocycles. The molecule has 24 heavy (non-hydrogen) atoms. The maximum Gasteiger partial charge on any atom is 0.327 e. The number of benzene rings is 2. The van der Waals surface area contributed by atoms with Gasteiger partial charge in [-0.1, -0.05) is 19.1 Å². The number of rotatable bonds is 8. The lowest BCUT2D eigenvalue weighted by atomic mass is 10.2. The van der Waals surface area contributed by atoms with Gasteiger partial charge in [0.25, 0.3) is 0 Å². The fourth-order valence-corrected chi connectivity index (χ4v) is 2.19. The highest BCUT2D eigenvalue weighted by molar-refractivity contribution is 5.62. The molecule has 0 atom stereocenters. The number of hydrogen-bond donors (Lipinski definition) is 1. The Morgan fingerprint density at radius 3 is 2.71 bits per heavy atom. The molecule has 0 radical (unpaired) electrons. The maximum atomic E-state index is 13.6. The van der Waals surface area contributed by atoms with E-state index in [1.165, 1.54) is 12.1 Å². The van der Waals surface area contributed by atoms with Crippen molar-refractivity contribution < 1.29 is 18.8 Å². The lowest BCUT2D eigenvalue weighted by Crippen LogP contribution is -2.05. The second-order valence-electron chi connectivity index (χ2n) is 5.08. The van der Waals surface area contributed by atoms with Crippen LogP contribution in [0.25, 0.3) is 0 Å². The first-order valence-corrected chi connectivity index (χ1v) is 7.53. The molecule has 2 rings (SSSR count). The van der Waals surface area contributed by atoms with Crippen LogP contribution in [0.4, 0.5) is 15.8 Å². The number of hydrogen-bond acceptors (Lipinski definition) is 5. The van der Waals surface area contributed by atoms with Gasteiger partial charge in [0.05, 0.1) is 18.6 Å². The van der Waals surface area contributed by atoms with Gasteiger partial charge >= 0.3 is 5.69 Å². The van der Waals surface area contributed by atoms with Gasteiger partial charge in [0.15, 0.2) is 11.5 Å². The Balaban J connectivity index is 2.15. The molecule has 2 aromatic carbocycles. The van der Waals surface area contributed by atoms with Crippen LogP contribution in [0.1, 0.15) is 18.9 Å². The zero-order valence-electron chi connectivity index (χ0n) is 13.5. The van der Waals surface area contributed by atoms with Gasteiger partial charge in [0, 0.05) is 6.54 Å². The zero-order chi connectivity index (χ0) is 17.5. The number of methoxy groups -OCH3 is 1. The second kappa shape index (κ2) is 8.14. The van der Waals surface area contributed by atoms with E-state index in [4.69, 9.17) is 9.47 Å². The minimum atomic E-state index is -0.870. The molecule has 0 heterocycles. The molecule has 0 aliphatic heterocycles. The lowest BCUT2D eigenvalue weighted by Gasteiger charge is -2.12. The largest absolute Gasteiger partial charge is 0.493 e. The smallest absolute Gasteiger partial charge is 0.327 e. The summed E-state index contributed by atoms with van der Waals surface area (Å²) in [6, 6.07) is 9.34. The normalized spacial score (nSPS) is 10.3. The van der Waals surface area contributed by atoms with Crippen molar-refractivity contribution in [2.75, 3.05) is 19.0 Å². The van der Waals surface area contributed by atoms with Crippen molar-refractivity contribution in [1.29, 1.82) is 0 Å². The lowest BCUT2D eigenvalue weighted by molar-refractivity contribution is -0.386. The van der Waals surface area contributed by atoms with E-state index in [-0.39, 0.29) is 12.2 Å². The van der Waals surface area contributed by atoms with Crippen LogP contribution in [0.5, 0.6) is 11.5 Å². The summed E-state index contributed by atoms with van der Waals surface area (Å²) in [6.45, 7) is 2.88. The highest BCUT2D eigenvalue weighted by atomic mass is 19.1. The standard InChI is InChI=1S/C17H19FN2O4/c1-3-9-24-15-8-7-12(10-16(15)23-2)11-19-14-6-4-5-13(18)17(14)20(21)22/h4-8,10,19H,3,9,11H2,1-2H3. The first-order valence-electron chi connectivity index (χ1n) is 7.53. The Morgan fingerprint density at radius 1 is 1.25 bits per heavy atom. The predicted octanol–water partition coefficient (Wildman–Crippen LogP) is 4.14. The molecule has 7 heteroatoms. The maximum absolute atomic E-state index is 13.6. The first-order chi connectivity index (χ1) is 11.6. The van der Waals surface area contributed by atoms with Crippen molar-refractivity contribution in [3.05, 3.63) is 57.9 Å². The fraction of sp³-hybridized carbons (Fsp3) is 0.294. The van der Waals surface area contributed by atoms with Crippen molar-refractivity contribution in [2.45, 2.75) is 19.9 Å². The van der Waals surface area contributed by atoms with Crippen LogP contribution in [0, 0.1) is 15.9 Å². The van der Waals surface area contributed by atoms with Gasteiger partial charge in [0.2, 0.25) is 5.82 Å². The molecule has 0 saturated heterocycles. The first kappa shape index (κ1) is 17.5. The van der Waals surface area contributed by atoms with Crippen LogP contribution in [-0.4, -0.2) is 18.6 Å². The van der Waals surface area contributed by atoms with Gasteiger partial charge in [0.1, 0.15) is 5.69 Å². The minimum absolute atomic E-state index is 0.130. The van der Waals surface area contributed by atoms with E-state index in [0.29, 0.717) is 18.1 Å². The summed E-state index contributed by atoms with van der Waals surface area (Å²) in [4.78, 5) is 10.3. The number of nitrogens with one attached hydrogen (secondary N) is 1. The molecule has 128 valence electrons. The van der Waals surface area contributed by atoms with E-state index in [9.17, 15) is 14.5 Å². The monoisotopic (exact) mass is 334 g/mol. The van der Waals surface area contributed by atoms with E-state index >= 15 is 0 Å². The number of anilines is 1. The van der Waals surface area contributed by atoms with Gasteiger partial charge < -0.3 is 14.8 Å². The highest BCUT2D eigenvalue weighted by Crippen LogP contribution is 2.30. The van der Waals surface area contributed by atoms with Gasteiger partial charge in [-0.2, -0.15) is 4.39 Å². The molecule has 0 amide bonds.